The molecule has 1 aromatic carbocycles. The molecule has 42 heavy (non-hydrogen) atoms. The zero-order chi connectivity index (χ0) is 31.1. The summed E-state index contributed by atoms with van der Waals surface area (Å²) in [5.74, 6) is -0.610. The number of fused-ring (bicyclic) bond motifs is 3. The van der Waals surface area contributed by atoms with Gasteiger partial charge in [0.05, 0.1) is 11.0 Å². The molecular weight excluding hydrogens is 520 g/mol. The van der Waals surface area contributed by atoms with Gasteiger partial charge < -0.3 is 4.74 Å². The Kier molecular flexibility index (Phi) is 8.62. The molecule has 0 N–H and O–H groups in total. The van der Waals surface area contributed by atoms with Crippen LogP contribution in [0.15, 0.2) is 88.8 Å². The fourth-order valence-electron chi connectivity index (χ4n) is 7.34. The highest BCUT2D eigenvalue weighted by molar-refractivity contribution is 6.30. The van der Waals surface area contributed by atoms with Gasteiger partial charge in [-0.15, -0.1) is 0 Å². The molecule has 4 atom stereocenters. The summed E-state index contributed by atoms with van der Waals surface area (Å²) in [6, 6.07) is 9.13. The molecule has 3 aliphatic rings. The van der Waals surface area contributed by atoms with E-state index in [1.165, 1.54) is 11.1 Å². The van der Waals surface area contributed by atoms with Crippen LogP contribution >= 0.6 is 0 Å². The van der Waals surface area contributed by atoms with E-state index in [4.69, 9.17) is 4.74 Å². The monoisotopic (exact) mass is 568 g/mol. The van der Waals surface area contributed by atoms with E-state index >= 15 is 9.59 Å². The molecule has 0 aromatic heterocycles. The van der Waals surface area contributed by atoms with Crippen molar-refractivity contribution in [1.29, 1.82) is 0 Å². The van der Waals surface area contributed by atoms with Crippen molar-refractivity contribution in [2.24, 2.45) is 22.2 Å². The normalized spacial score (nSPS) is 29.3. The van der Waals surface area contributed by atoms with Gasteiger partial charge in [0.1, 0.15) is 11.4 Å². The molecule has 0 spiro atoms. The number of ether oxygens (including phenoxy) is 1. The molecule has 4 heteroatoms. The predicted octanol–water partition coefficient (Wildman–Crippen LogP) is 9.10. The Morgan fingerprint density at radius 2 is 1.52 bits per heavy atom. The van der Waals surface area contributed by atoms with Crippen molar-refractivity contribution >= 4 is 17.3 Å². The van der Waals surface area contributed by atoms with Gasteiger partial charge in [-0.2, -0.15) is 0 Å². The number of carbonyl (C=O) groups excluding carboxylic acids is 3. The summed E-state index contributed by atoms with van der Waals surface area (Å²) in [4.78, 5) is 45.4. The van der Waals surface area contributed by atoms with Crippen molar-refractivity contribution in [2.75, 3.05) is 0 Å². The van der Waals surface area contributed by atoms with E-state index in [0.29, 0.717) is 30.4 Å². The van der Waals surface area contributed by atoms with Crippen LogP contribution in [0.2, 0.25) is 0 Å². The Hall–Kier alpha value is -3.27. The maximum absolute atomic E-state index is 15.5. The molecule has 0 saturated heterocycles. The third-order valence-corrected chi connectivity index (χ3v) is 9.67. The lowest BCUT2D eigenvalue weighted by molar-refractivity contribution is -0.169. The van der Waals surface area contributed by atoms with Crippen molar-refractivity contribution in [3.8, 4) is 0 Å². The van der Waals surface area contributed by atoms with E-state index in [2.05, 4.69) is 46.8 Å². The third kappa shape index (κ3) is 5.12. The fourth-order valence-corrected chi connectivity index (χ4v) is 7.34. The molecule has 1 aromatic rings. The smallest absolute Gasteiger partial charge is 0.184 e. The predicted molar refractivity (Wildman–Crippen MR) is 170 cm³/mol. The second kappa shape index (κ2) is 11.4. The Morgan fingerprint density at radius 1 is 0.905 bits per heavy atom. The molecule has 1 saturated carbocycles. The first-order valence-electron chi connectivity index (χ1n) is 15.3. The van der Waals surface area contributed by atoms with Gasteiger partial charge in [-0.25, -0.2) is 0 Å². The van der Waals surface area contributed by atoms with E-state index in [-0.39, 0.29) is 35.4 Å². The highest BCUT2D eigenvalue weighted by atomic mass is 16.5. The van der Waals surface area contributed by atoms with Gasteiger partial charge in [0.25, 0.3) is 0 Å². The molecule has 1 fully saturated rings. The van der Waals surface area contributed by atoms with E-state index in [9.17, 15) is 4.79 Å². The molecule has 0 amide bonds. The van der Waals surface area contributed by atoms with E-state index in [0.717, 1.165) is 12.0 Å². The van der Waals surface area contributed by atoms with Crippen LogP contribution in [-0.2, 0) is 14.3 Å². The number of Topliss-reactive ketones (excluding diaryl/α,β-unsaturated/α-hetero) is 3. The van der Waals surface area contributed by atoms with Crippen LogP contribution in [0.3, 0.4) is 0 Å². The maximum Gasteiger partial charge on any atom is 0.184 e. The Balaban J connectivity index is 2.16. The third-order valence-electron chi connectivity index (χ3n) is 9.67. The van der Waals surface area contributed by atoms with Crippen LogP contribution in [0.5, 0.6) is 0 Å². The Labute approximate surface area is 252 Å². The fraction of sp³-hybridized carbons (Fsp3) is 0.500. The molecule has 1 heterocycles. The first kappa shape index (κ1) is 31.7. The van der Waals surface area contributed by atoms with Gasteiger partial charge in [0, 0.05) is 5.56 Å². The van der Waals surface area contributed by atoms with Crippen molar-refractivity contribution in [3.05, 3.63) is 94.3 Å². The molecule has 0 radical (unpaired) electrons. The summed E-state index contributed by atoms with van der Waals surface area (Å²) in [7, 11) is 0. The van der Waals surface area contributed by atoms with Crippen LogP contribution in [0.4, 0.5) is 0 Å². The highest BCUT2D eigenvalue weighted by Gasteiger charge is 2.76. The summed E-state index contributed by atoms with van der Waals surface area (Å²) in [6.07, 6.45) is 12.8. The number of carbonyl (C=O) groups is 3. The first-order chi connectivity index (χ1) is 19.6. The zero-order valence-corrected chi connectivity index (χ0v) is 27.0. The second-order valence-corrected chi connectivity index (χ2v) is 14.1. The standard InChI is InChI=1S/C38H48O4/c1-25(2)14-13-21-36(9)29(18-17-26(3)4)24-37(23-19-27(5)6)32(40)30-20-22-35(7,8)42-33(30)38(36,34(37)41)31(39)28-15-11-10-12-16-28/h10-12,14-17,19-20,22,29H,13,18,21,23-24H2,1-9H3/t29-,36+,37-,38-/m0/s1. The van der Waals surface area contributed by atoms with Crippen molar-refractivity contribution in [2.45, 2.75) is 100 Å². The Morgan fingerprint density at radius 3 is 2.12 bits per heavy atom. The highest BCUT2D eigenvalue weighted by Crippen LogP contribution is 2.69. The van der Waals surface area contributed by atoms with Crippen LogP contribution in [-0.4, -0.2) is 23.0 Å². The summed E-state index contributed by atoms with van der Waals surface area (Å²) in [5, 5.41) is 0. The van der Waals surface area contributed by atoms with Crippen LogP contribution in [0.1, 0.15) is 105 Å². The zero-order valence-electron chi connectivity index (χ0n) is 27.0. The lowest BCUT2D eigenvalue weighted by atomic mass is 9.38. The van der Waals surface area contributed by atoms with Crippen molar-refractivity contribution in [3.63, 3.8) is 0 Å². The largest absolute Gasteiger partial charge is 0.486 e. The summed E-state index contributed by atoms with van der Waals surface area (Å²) in [6.45, 7) is 18.2. The number of hydrogen-bond acceptors (Lipinski definition) is 4. The van der Waals surface area contributed by atoms with Crippen molar-refractivity contribution in [1.82, 2.24) is 0 Å². The van der Waals surface area contributed by atoms with Crippen LogP contribution < -0.4 is 0 Å². The quantitative estimate of drug-likeness (QED) is 0.169. The molecule has 1 aliphatic heterocycles. The van der Waals surface area contributed by atoms with Gasteiger partial charge in [-0.1, -0.05) is 72.2 Å². The minimum absolute atomic E-state index is 0.107. The maximum atomic E-state index is 15.5. The minimum atomic E-state index is -1.65. The topological polar surface area (TPSA) is 60.4 Å². The number of rotatable bonds is 9. The van der Waals surface area contributed by atoms with Gasteiger partial charge in [-0.05, 0) is 111 Å². The van der Waals surface area contributed by atoms with Crippen molar-refractivity contribution < 1.29 is 19.1 Å². The number of ketones is 3. The van der Waals surface area contributed by atoms with Gasteiger partial charge in [-0.3, -0.25) is 14.4 Å². The van der Waals surface area contributed by atoms with Gasteiger partial charge in [0.2, 0.25) is 0 Å². The molecule has 4 nitrogen and oxygen atoms in total. The average molecular weight is 569 g/mol. The van der Waals surface area contributed by atoms with E-state index in [1.807, 2.05) is 64.1 Å². The summed E-state index contributed by atoms with van der Waals surface area (Å²) in [5.41, 5.74) is -0.323. The van der Waals surface area contributed by atoms with E-state index < -0.39 is 21.8 Å². The molecule has 224 valence electrons. The second-order valence-electron chi connectivity index (χ2n) is 14.1. The summed E-state index contributed by atoms with van der Waals surface area (Å²) < 4.78 is 6.70. The van der Waals surface area contributed by atoms with Crippen LogP contribution in [0.25, 0.3) is 0 Å². The lowest BCUT2D eigenvalue weighted by Gasteiger charge is -2.62. The number of hydrogen-bond donors (Lipinski definition) is 0. The van der Waals surface area contributed by atoms with Gasteiger partial charge >= 0.3 is 0 Å². The SMILES string of the molecule is CC(C)=CCC[C@]1(C)[C@@H](CC=C(C)C)C[C@@]2(CC=C(C)C)C(=O)C3=C(OC(C)(C)C=C3)[C@@]1(C(=O)c1ccccc1)C2=O. The average Bonchev–Trinajstić information content (AvgIpc) is 2.91. The summed E-state index contributed by atoms with van der Waals surface area (Å²) >= 11 is 0. The molecule has 2 bridgehead atoms. The molecule has 0 unspecified atom stereocenters. The number of benzene rings is 1. The minimum Gasteiger partial charge on any atom is -0.486 e. The van der Waals surface area contributed by atoms with Gasteiger partial charge in [0.15, 0.2) is 22.8 Å². The lowest BCUT2D eigenvalue weighted by Crippen LogP contribution is -2.70. The van der Waals surface area contributed by atoms with Crippen LogP contribution in [0, 0.1) is 22.2 Å². The molecule has 4 rings (SSSR count). The van der Waals surface area contributed by atoms with E-state index in [1.54, 1.807) is 12.1 Å². The molecule has 2 aliphatic carbocycles. The molecular formula is C38H48O4. The first-order valence-corrected chi connectivity index (χ1v) is 15.3. The number of allylic oxidation sites excluding steroid dienone is 9. The Bertz CT molecular complexity index is 1420.